The van der Waals surface area contributed by atoms with Crippen LogP contribution < -0.4 is 10.1 Å². The van der Waals surface area contributed by atoms with Gasteiger partial charge in [0.25, 0.3) is 5.91 Å². The number of rotatable bonds is 3. The number of hydrogen-bond donors (Lipinski definition) is 1. The predicted octanol–water partition coefficient (Wildman–Crippen LogP) is 4.55. The molecule has 116 valence electrons. The van der Waals surface area contributed by atoms with E-state index in [-0.39, 0.29) is 5.91 Å². The van der Waals surface area contributed by atoms with E-state index >= 15 is 0 Å². The SMILES string of the molecule is O=C1Nc2ccccc2C1=Nc1ccccc1Oc1ccccc1. The van der Waals surface area contributed by atoms with Gasteiger partial charge in [-0.3, -0.25) is 4.79 Å². The summed E-state index contributed by atoms with van der Waals surface area (Å²) in [7, 11) is 0. The number of amides is 1. The molecule has 4 nitrogen and oxygen atoms in total. The minimum atomic E-state index is -0.203. The summed E-state index contributed by atoms with van der Waals surface area (Å²) >= 11 is 0. The fourth-order valence-corrected chi connectivity index (χ4v) is 2.59. The normalized spacial score (nSPS) is 14.3. The summed E-state index contributed by atoms with van der Waals surface area (Å²) in [4.78, 5) is 16.8. The molecule has 0 atom stereocenters. The van der Waals surface area contributed by atoms with Crippen molar-refractivity contribution in [1.82, 2.24) is 0 Å². The topological polar surface area (TPSA) is 50.7 Å². The molecule has 0 fully saturated rings. The van der Waals surface area contributed by atoms with Crippen molar-refractivity contribution in [3.63, 3.8) is 0 Å². The lowest BCUT2D eigenvalue weighted by Gasteiger charge is -2.08. The average Bonchev–Trinajstić information content (AvgIpc) is 2.93. The van der Waals surface area contributed by atoms with Crippen LogP contribution in [0.3, 0.4) is 0 Å². The van der Waals surface area contributed by atoms with Gasteiger partial charge >= 0.3 is 0 Å². The van der Waals surface area contributed by atoms with Gasteiger partial charge < -0.3 is 10.1 Å². The number of aliphatic imine (C=N–C) groups is 1. The van der Waals surface area contributed by atoms with Gasteiger partial charge in [-0.15, -0.1) is 0 Å². The Labute approximate surface area is 139 Å². The van der Waals surface area contributed by atoms with Crippen molar-refractivity contribution in [3.05, 3.63) is 84.4 Å². The van der Waals surface area contributed by atoms with Crippen LogP contribution in [0.1, 0.15) is 5.56 Å². The molecule has 1 aliphatic heterocycles. The van der Waals surface area contributed by atoms with E-state index in [1.54, 1.807) is 0 Å². The van der Waals surface area contributed by atoms with Gasteiger partial charge in [-0.2, -0.15) is 0 Å². The molecule has 0 spiro atoms. The molecule has 1 N–H and O–H groups in total. The Morgan fingerprint density at radius 2 is 1.50 bits per heavy atom. The van der Waals surface area contributed by atoms with E-state index in [0.717, 1.165) is 17.0 Å². The van der Waals surface area contributed by atoms with Crippen molar-refractivity contribution < 1.29 is 9.53 Å². The highest BCUT2D eigenvalue weighted by Crippen LogP contribution is 2.33. The summed E-state index contributed by atoms with van der Waals surface area (Å²) in [5.74, 6) is 1.13. The fraction of sp³-hybridized carbons (Fsp3) is 0. The molecule has 24 heavy (non-hydrogen) atoms. The highest BCUT2D eigenvalue weighted by molar-refractivity contribution is 6.54. The number of nitrogens with zero attached hydrogens (tertiary/aromatic N) is 1. The van der Waals surface area contributed by atoms with Gasteiger partial charge in [0.05, 0.1) is 5.69 Å². The zero-order valence-corrected chi connectivity index (χ0v) is 12.8. The maximum absolute atomic E-state index is 12.2. The number of anilines is 1. The van der Waals surface area contributed by atoms with E-state index in [1.807, 2.05) is 78.9 Å². The second kappa shape index (κ2) is 6.01. The molecule has 1 heterocycles. The molecular formula is C20H14N2O2. The third-order valence-corrected chi connectivity index (χ3v) is 3.71. The molecule has 1 aliphatic rings. The van der Waals surface area contributed by atoms with Crippen LogP contribution in [0, 0.1) is 0 Å². The van der Waals surface area contributed by atoms with Crippen molar-refractivity contribution in [1.29, 1.82) is 0 Å². The van der Waals surface area contributed by atoms with Crippen LogP contribution in [-0.2, 0) is 4.79 Å². The smallest absolute Gasteiger partial charge is 0.275 e. The molecule has 0 radical (unpaired) electrons. The van der Waals surface area contributed by atoms with Crippen LogP contribution in [-0.4, -0.2) is 11.6 Å². The first-order valence-corrected chi connectivity index (χ1v) is 7.62. The van der Waals surface area contributed by atoms with E-state index < -0.39 is 0 Å². The third-order valence-electron chi connectivity index (χ3n) is 3.71. The first kappa shape index (κ1) is 14.2. The third kappa shape index (κ3) is 2.65. The van der Waals surface area contributed by atoms with E-state index in [1.165, 1.54) is 0 Å². The fourth-order valence-electron chi connectivity index (χ4n) is 2.59. The number of nitrogens with one attached hydrogen (secondary N) is 1. The number of hydrogen-bond acceptors (Lipinski definition) is 3. The van der Waals surface area contributed by atoms with Gasteiger partial charge in [0.15, 0.2) is 5.75 Å². The zero-order chi connectivity index (χ0) is 16.4. The second-order valence-corrected chi connectivity index (χ2v) is 5.34. The predicted molar refractivity (Wildman–Crippen MR) is 94.2 cm³/mol. The summed E-state index contributed by atoms with van der Waals surface area (Å²) in [6, 6.07) is 24.4. The molecule has 4 heteroatoms. The van der Waals surface area contributed by atoms with Crippen LogP contribution >= 0.6 is 0 Å². The molecule has 3 aromatic carbocycles. The Morgan fingerprint density at radius 1 is 0.792 bits per heavy atom. The van der Waals surface area contributed by atoms with Crippen molar-refractivity contribution in [2.24, 2.45) is 4.99 Å². The molecule has 0 unspecified atom stereocenters. The summed E-state index contributed by atoms with van der Waals surface area (Å²) in [6.45, 7) is 0. The summed E-state index contributed by atoms with van der Waals surface area (Å²) in [6.07, 6.45) is 0. The lowest BCUT2D eigenvalue weighted by Crippen LogP contribution is -2.13. The van der Waals surface area contributed by atoms with Crippen molar-refractivity contribution in [3.8, 4) is 11.5 Å². The largest absolute Gasteiger partial charge is 0.455 e. The van der Waals surface area contributed by atoms with Gasteiger partial charge in [0, 0.05) is 5.56 Å². The molecule has 0 saturated carbocycles. The maximum atomic E-state index is 12.2. The average molecular weight is 314 g/mol. The quantitative estimate of drug-likeness (QED) is 0.771. The molecule has 0 bridgehead atoms. The minimum absolute atomic E-state index is 0.203. The number of fused-ring (bicyclic) bond motifs is 1. The highest BCUT2D eigenvalue weighted by Gasteiger charge is 2.25. The van der Waals surface area contributed by atoms with E-state index in [0.29, 0.717) is 17.1 Å². The summed E-state index contributed by atoms with van der Waals surface area (Å²) in [5, 5.41) is 2.83. The van der Waals surface area contributed by atoms with Crippen LogP contribution in [0.4, 0.5) is 11.4 Å². The van der Waals surface area contributed by atoms with Crippen molar-refractivity contribution in [2.45, 2.75) is 0 Å². The summed E-state index contributed by atoms with van der Waals surface area (Å²) in [5.41, 5.74) is 2.60. The van der Waals surface area contributed by atoms with E-state index in [4.69, 9.17) is 4.74 Å². The molecule has 3 aromatic rings. The standard InChI is InChI=1S/C20H14N2O2/c23-20-19(15-10-4-5-11-16(15)22-20)21-17-12-6-7-13-18(17)24-14-8-2-1-3-9-14/h1-13H,(H,21,22,23). The van der Waals surface area contributed by atoms with Gasteiger partial charge in [0.1, 0.15) is 17.1 Å². The number of ether oxygens (including phenoxy) is 1. The molecule has 0 saturated heterocycles. The van der Waals surface area contributed by atoms with Crippen LogP contribution in [0.15, 0.2) is 83.9 Å². The van der Waals surface area contributed by atoms with Crippen LogP contribution in [0.2, 0.25) is 0 Å². The zero-order valence-electron chi connectivity index (χ0n) is 12.8. The number of para-hydroxylation sites is 4. The Morgan fingerprint density at radius 3 is 2.38 bits per heavy atom. The molecule has 0 aliphatic carbocycles. The summed E-state index contributed by atoms with van der Waals surface area (Å²) < 4.78 is 5.90. The van der Waals surface area contributed by atoms with Gasteiger partial charge in [-0.25, -0.2) is 4.99 Å². The monoisotopic (exact) mass is 314 g/mol. The minimum Gasteiger partial charge on any atom is -0.455 e. The van der Waals surface area contributed by atoms with E-state index in [2.05, 4.69) is 10.3 Å². The van der Waals surface area contributed by atoms with E-state index in [9.17, 15) is 4.79 Å². The Kier molecular flexibility index (Phi) is 3.56. The Balaban J connectivity index is 1.74. The lowest BCUT2D eigenvalue weighted by molar-refractivity contribution is -0.110. The van der Waals surface area contributed by atoms with Gasteiger partial charge in [0.2, 0.25) is 0 Å². The Bertz CT molecular complexity index is 933. The Hall–Kier alpha value is -3.40. The number of carbonyl (C=O) groups is 1. The second-order valence-electron chi connectivity index (χ2n) is 5.34. The van der Waals surface area contributed by atoms with Crippen LogP contribution in [0.25, 0.3) is 0 Å². The molecule has 0 aromatic heterocycles. The molecule has 1 amide bonds. The lowest BCUT2D eigenvalue weighted by atomic mass is 10.1. The van der Waals surface area contributed by atoms with Gasteiger partial charge in [-0.05, 0) is 30.3 Å². The maximum Gasteiger partial charge on any atom is 0.275 e. The molecule has 4 rings (SSSR count). The first-order chi connectivity index (χ1) is 11.8. The first-order valence-electron chi connectivity index (χ1n) is 7.62. The number of carbonyl (C=O) groups excluding carboxylic acids is 1. The van der Waals surface area contributed by atoms with Crippen molar-refractivity contribution >= 4 is 23.0 Å². The number of benzene rings is 3. The highest BCUT2D eigenvalue weighted by atomic mass is 16.5. The molecular weight excluding hydrogens is 300 g/mol. The van der Waals surface area contributed by atoms with Gasteiger partial charge in [-0.1, -0.05) is 48.5 Å². The van der Waals surface area contributed by atoms with Crippen LogP contribution in [0.5, 0.6) is 11.5 Å². The van der Waals surface area contributed by atoms with Crippen molar-refractivity contribution in [2.75, 3.05) is 5.32 Å².